The van der Waals surface area contributed by atoms with E-state index in [9.17, 15) is 0 Å². The van der Waals surface area contributed by atoms with Crippen LogP contribution >= 0.6 is 0 Å². The average molecular weight is 249 g/mol. The Morgan fingerprint density at radius 3 is 2.94 bits per heavy atom. The molecule has 1 aromatic rings. The maximum atomic E-state index is 4.21. The van der Waals surface area contributed by atoms with Gasteiger partial charge in [-0.3, -0.25) is 4.68 Å². The zero-order chi connectivity index (χ0) is 13.0. The van der Waals surface area contributed by atoms with Gasteiger partial charge in [0.15, 0.2) is 0 Å². The fourth-order valence-corrected chi connectivity index (χ4v) is 3.18. The zero-order valence-corrected chi connectivity index (χ0v) is 12.0. The summed E-state index contributed by atoms with van der Waals surface area (Å²) in [5.74, 6) is 1.77. The Hall–Kier alpha value is -0.830. The fraction of sp³-hybridized carbons (Fsp3) is 0.800. The first-order valence-corrected chi connectivity index (χ1v) is 7.35. The lowest BCUT2D eigenvalue weighted by molar-refractivity contribution is 0.251. The lowest BCUT2D eigenvalue weighted by atomic mass is 9.81. The summed E-state index contributed by atoms with van der Waals surface area (Å²) in [7, 11) is 2.01. The standard InChI is InChI=1S/C15H27N3/c1-12(2)9-13-5-4-6-14(10-13)16-11-15-7-8-17-18(15)3/h7-8,12-14,16H,4-6,9-11H2,1-3H3. The van der Waals surface area contributed by atoms with Crippen LogP contribution < -0.4 is 5.32 Å². The molecule has 0 radical (unpaired) electrons. The SMILES string of the molecule is CC(C)CC1CCCC(NCc2ccnn2C)C1. The molecule has 0 spiro atoms. The second-order valence-corrected chi connectivity index (χ2v) is 6.19. The van der Waals surface area contributed by atoms with Gasteiger partial charge in [0, 0.05) is 25.8 Å². The second-order valence-electron chi connectivity index (χ2n) is 6.19. The first-order chi connectivity index (χ1) is 8.65. The van der Waals surface area contributed by atoms with Crippen LogP contribution in [0.15, 0.2) is 12.3 Å². The van der Waals surface area contributed by atoms with Gasteiger partial charge in [0.05, 0.1) is 5.69 Å². The lowest BCUT2D eigenvalue weighted by Crippen LogP contribution is -2.34. The van der Waals surface area contributed by atoms with Crippen molar-refractivity contribution in [2.45, 2.75) is 58.5 Å². The van der Waals surface area contributed by atoms with E-state index in [2.05, 4.69) is 30.3 Å². The molecule has 1 heterocycles. The highest BCUT2D eigenvalue weighted by atomic mass is 15.3. The number of nitrogens with one attached hydrogen (secondary N) is 1. The van der Waals surface area contributed by atoms with Crippen LogP contribution in [-0.2, 0) is 13.6 Å². The minimum Gasteiger partial charge on any atom is -0.308 e. The highest BCUT2D eigenvalue weighted by Crippen LogP contribution is 2.29. The van der Waals surface area contributed by atoms with E-state index in [-0.39, 0.29) is 0 Å². The molecule has 102 valence electrons. The predicted molar refractivity (Wildman–Crippen MR) is 75.2 cm³/mol. The van der Waals surface area contributed by atoms with E-state index in [1.165, 1.54) is 37.8 Å². The smallest absolute Gasteiger partial charge is 0.0518 e. The van der Waals surface area contributed by atoms with Crippen molar-refractivity contribution in [3.8, 4) is 0 Å². The van der Waals surface area contributed by atoms with Gasteiger partial charge in [-0.05, 0) is 37.2 Å². The van der Waals surface area contributed by atoms with E-state index in [0.717, 1.165) is 18.4 Å². The number of hydrogen-bond acceptors (Lipinski definition) is 2. The summed E-state index contributed by atoms with van der Waals surface area (Å²) < 4.78 is 1.96. The summed E-state index contributed by atoms with van der Waals surface area (Å²) in [6.07, 6.45) is 8.79. The molecule has 1 aromatic heterocycles. The van der Waals surface area contributed by atoms with E-state index in [0.29, 0.717) is 6.04 Å². The van der Waals surface area contributed by atoms with Crippen LogP contribution in [-0.4, -0.2) is 15.8 Å². The predicted octanol–water partition coefficient (Wildman–Crippen LogP) is 3.11. The molecule has 0 amide bonds. The van der Waals surface area contributed by atoms with Crippen LogP contribution in [0.3, 0.4) is 0 Å². The largest absolute Gasteiger partial charge is 0.308 e. The van der Waals surface area contributed by atoms with E-state index in [4.69, 9.17) is 0 Å². The van der Waals surface area contributed by atoms with Gasteiger partial charge in [-0.25, -0.2) is 0 Å². The normalized spacial score (nSPS) is 24.7. The number of rotatable bonds is 5. The summed E-state index contributed by atoms with van der Waals surface area (Å²) >= 11 is 0. The van der Waals surface area contributed by atoms with Crippen molar-refractivity contribution in [3.63, 3.8) is 0 Å². The highest BCUT2D eigenvalue weighted by molar-refractivity contribution is 4.99. The Bertz CT molecular complexity index is 356. The lowest BCUT2D eigenvalue weighted by Gasteiger charge is -2.30. The summed E-state index contributed by atoms with van der Waals surface area (Å²) in [6, 6.07) is 2.80. The maximum Gasteiger partial charge on any atom is 0.0518 e. The Balaban J connectivity index is 1.77. The average Bonchev–Trinajstić information content (AvgIpc) is 2.72. The van der Waals surface area contributed by atoms with Crippen molar-refractivity contribution in [2.24, 2.45) is 18.9 Å². The summed E-state index contributed by atoms with van der Waals surface area (Å²) in [5.41, 5.74) is 1.28. The molecule has 18 heavy (non-hydrogen) atoms. The molecule has 1 fully saturated rings. The molecular formula is C15H27N3. The van der Waals surface area contributed by atoms with Crippen molar-refractivity contribution < 1.29 is 0 Å². The Morgan fingerprint density at radius 2 is 2.28 bits per heavy atom. The van der Waals surface area contributed by atoms with Crippen LogP contribution in [0.4, 0.5) is 0 Å². The van der Waals surface area contributed by atoms with Gasteiger partial charge in [-0.1, -0.05) is 26.7 Å². The number of aryl methyl sites for hydroxylation is 1. The third kappa shape index (κ3) is 3.84. The van der Waals surface area contributed by atoms with Gasteiger partial charge < -0.3 is 5.32 Å². The number of hydrogen-bond donors (Lipinski definition) is 1. The molecule has 1 N–H and O–H groups in total. The fourth-order valence-electron chi connectivity index (χ4n) is 3.18. The van der Waals surface area contributed by atoms with Crippen molar-refractivity contribution >= 4 is 0 Å². The molecule has 1 aliphatic carbocycles. The topological polar surface area (TPSA) is 29.9 Å². The Morgan fingerprint density at radius 1 is 1.44 bits per heavy atom. The first kappa shape index (κ1) is 13.6. The molecule has 3 heteroatoms. The Kier molecular flexibility index (Phi) is 4.81. The van der Waals surface area contributed by atoms with Crippen molar-refractivity contribution in [1.29, 1.82) is 0 Å². The van der Waals surface area contributed by atoms with Crippen molar-refractivity contribution in [1.82, 2.24) is 15.1 Å². The van der Waals surface area contributed by atoms with Gasteiger partial charge >= 0.3 is 0 Å². The molecule has 3 nitrogen and oxygen atoms in total. The third-order valence-corrected chi connectivity index (χ3v) is 4.08. The van der Waals surface area contributed by atoms with Gasteiger partial charge in [-0.15, -0.1) is 0 Å². The molecular weight excluding hydrogens is 222 g/mol. The quantitative estimate of drug-likeness (QED) is 0.869. The van der Waals surface area contributed by atoms with E-state index in [1.54, 1.807) is 0 Å². The Labute approximate surface area is 111 Å². The molecule has 1 aliphatic rings. The maximum absolute atomic E-state index is 4.21. The monoisotopic (exact) mass is 249 g/mol. The summed E-state index contributed by atoms with van der Waals surface area (Å²) in [4.78, 5) is 0. The molecule has 2 atom stereocenters. The highest BCUT2D eigenvalue weighted by Gasteiger charge is 2.22. The van der Waals surface area contributed by atoms with Crippen LogP contribution in [0.1, 0.15) is 51.6 Å². The first-order valence-electron chi connectivity index (χ1n) is 7.35. The van der Waals surface area contributed by atoms with Gasteiger partial charge in [0.25, 0.3) is 0 Å². The molecule has 0 saturated heterocycles. The van der Waals surface area contributed by atoms with Crippen LogP contribution in [0.2, 0.25) is 0 Å². The summed E-state index contributed by atoms with van der Waals surface area (Å²) in [6.45, 7) is 5.63. The van der Waals surface area contributed by atoms with Crippen molar-refractivity contribution in [3.05, 3.63) is 18.0 Å². The molecule has 0 bridgehead atoms. The van der Waals surface area contributed by atoms with E-state index in [1.807, 2.05) is 17.9 Å². The third-order valence-electron chi connectivity index (χ3n) is 4.08. The minimum atomic E-state index is 0.706. The van der Waals surface area contributed by atoms with E-state index < -0.39 is 0 Å². The molecule has 2 unspecified atom stereocenters. The molecule has 0 aromatic carbocycles. The van der Waals surface area contributed by atoms with Gasteiger partial charge in [-0.2, -0.15) is 5.10 Å². The zero-order valence-electron chi connectivity index (χ0n) is 12.0. The second kappa shape index (κ2) is 6.37. The number of aromatic nitrogens is 2. The molecule has 2 rings (SSSR count). The summed E-state index contributed by atoms with van der Waals surface area (Å²) in [5, 5.41) is 7.92. The molecule has 1 saturated carbocycles. The van der Waals surface area contributed by atoms with Gasteiger partial charge in [0.2, 0.25) is 0 Å². The van der Waals surface area contributed by atoms with Crippen LogP contribution in [0, 0.1) is 11.8 Å². The van der Waals surface area contributed by atoms with Gasteiger partial charge in [0.1, 0.15) is 0 Å². The van der Waals surface area contributed by atoms with Crippen LogP contribution in [0.25, 0.3) is 0 Å². The van der Waals surface area contributed by atoms with Crippen LogP contribution in [0.5, 0.6) is 0 Å². The number of nitrogens with zero attached hydrogens (tertiary/aromatic N) is 2. The van der Waals surface area contributed by atoms with E-state index >= 15 is 0 Å². The molecule has 0 aliphatic heterocycles. The van der Waals surface area contributed by atoms with Crippen molar-refractivity contribution in [2.75, 3.05) is 0 Å². The minimum absolute atomic E-state index is 0.706.